The molecule has 0 heterocycles. The standard InChI is InChI=1S/C15H21FO/c1-11-5-4-6-12(13(11)16)15(17)9-7-14(2,3)8-10-15/h4-6,17H,7-10H2,1-3H3. The van der Waals surface area contributed by atoms with E-state index in [9.17, 15) is 9.50 Å². The van der Waals surface area contributed by atoms with E-state index < -0.39 is 5.60 Å². The van der Waals surface area contributed by atoms with Crippen LogP contribution in [-0.2, 0) is 5.60 Å². The van der Waals surface area contributed by atoms with Gasteiger partial charge in [-0.25, -0.2) is 4.39 Å². The van der Waals surface area contributed by atoms with E-state index in [1.165, 1.54) is 0 Å². The predicted molar refractivity (Wildman–Crippen MR) is 67.3 cm³/mol. The summed E-state index contributed by atoms with van der Waals surface area (Å²) in [6, 6.07) is 5.29. The fourth-order valence-corrected chi connectivity index (χ4v) is 2.62. The Bertz CT molecular complexity index is 413. The summed E-state index contributed by atoms with van der Waals surface area (Å²) < 4.78 is 14.1. The molecule has 94 valence electrons. The van der Waals surface area contributed by atoms with Gasteiger partial charge < -0.3 is 5.11 Å². The zero-order valence-corrected chi connectivity index (χ0v) is 10.9. The molecule has 1 N–H and O–H groups in total. The molecule has 0 aliphatic heterocycles. The van der Waals surface area contributed by atoms with Gasteiger partial charge in [0.25, 0.3) is 0 Å². The first kappa shape index (κ1) is 12.6. The second kappa shape index (κ2) is 4.09. The lowest BCUT2D eigenvalue weighted by Gasteiger charge is -2.40. The Hall–Kier alpha value is -0.890. The monoisotopic (exact) mass is 236 g/mol. The molecule has 2 heteroatoms. The van der Waals surface area contributed by atoms with Crippen molar-refractivity contribution in [3.63, 3.8) is 0 Å². The van der Waals surface area contributed by atoms with Crippen molar-refractivity contribution in [3.8, 4) is 0 Å². The Kier molecular flexibility index (Phi) is 3.03. The van der Waals surface area contributed by atoms with Crippen molar-refractivity contribution in [1.82, 2.24) is 0 Å². The minimum absolute atomic E-state index is 0.241. The summed E-state index contributed by atoms with van der Waals surface area (Å²) in [4.78, 5) is 0. The topological polar surface area (TPSA) is 20.2 Å². The molecule has 1 aromatic rings. The third kappa shape index (κ3) is 2.37. The van der Waals surface area contributed by atoms with Crippen LogP contribution in [0.3, 0.4) is 0 Å². The highest BCUT2D eigenvalue weighted by Gasteiger charge is 2.39. The predicted octanol–water partition coefficient (Wildman–Crippen LogP) is 3.92. The van der Waals surface area contributed by atoms with Crippen molar-refractivity contribution < 1.29 is 9.50 Å². The van der Waals surface area contributed by atoms with Gasteiger partial charge in [0, 0.05) is 5.56 Å². The van der Waals surface area contributed by atoms with E-state index >= 15 is 0 Å². The maximum absolute atomic E-state index is 14.1. The Morgan fingerprint density at radius 3 is 2.29 bits per heavy atom. The highest BCUT2D eigenvalue weighted by atomic mass is 19.1. The lowest BCUT2D eigenvalue weighted by atomic mass is 9.68. The van der Waals surface area contributed by atoms with Gasteiger partial charge in [-0.15, -0.1) is 0 Å². The van der Waals surface area contributed by atoms with E-state index in [1.807, 2.05) is 6.07 Å². The van der Waals surface area contributed by atoms with Crippen LogP contribution in [-0.4, -0.2) is 5.11 Å². The number of hydrogen-bond donors (Lipinski definition) is 1. The molecule has 1 saturated carbocycles. The number of aliphatic hydroxyl groups is 1. The summed E-state index contributed by atoms with van der Waals surface area (Å²) in [6.45, 7) is 6.16. The van der Waals surface area contributed by atoms with Crippen LogP contribution in [0.25, 0.3) is 0 Å². The molecule has 1 aliphatic carbocycles. The molecule has 0 amide bonds. The third-order valence-electron chi connectivity index (χ3n) is 4.12. The van der Waals surface area contributed by atoms with Gasteiger partial charge in [0.05, 0.1) is 5.60 Å². The van der Waals surface area contributed by atoms with Crippen molar-refractivity contribution in [2.45, 2.75) is 52.1 Å². The first-order valence-corrected chi connectivity index (χ1v) is 6.32. The van der Waals surface area contributed by atoms with Gasteiger partial charge in [0.15, 0.2) is 0 Å². The molecule has 0 saturated heterocycles. The average molecular weight is 236 g/mol. The van der Waals surface area contributed by atoms with Crippen LogP contribution in [0.2, 0.25) is 0 Å². The van der Waals surface area contributed by atoms with Gasteiger partial charge in [0.2, 0.25) is 0 Å². The molecule has 1 fully saturated rings. The number of benzene rings is 1. The van der Waals surface area contributed by atoms with Crippen molar-refractivity contribution in [3.05, 3.63) is 35.1 Å². The molecular weight excluding hydrogens is 215 g/mol. The molecule has 2 rings (SSSR count). The molecule has 0 spiro atoms. The van der Waals surface area contributed by atoms with Gasteiger partial charge in [-0.3, -0.25) is 0 Å². The zero-order chi connectivity index (χ0) is 12.7. The normalized spacial score (nSPS) is 22.4. The van der Waals surface area contributed by atoms with Gasteiger partial charge >= 0.3 is 0 Å². The number of hydrogen-bond acceptors (Lipinski definition) is 1. The first-order chi connectivity index (χ1) is 7.84. The largest absolute Gasteiger partial charge is 0.385 e. The molecule has 1 aliphatic rings. The Morgan fingerprint density at radius 1 is 1.12 bits per heavy atom. The van der Waals surface area contributed by atoms with E-state index in [4.69, 9.17) is 0 Å². The minimum atomic E-state index is -0.967. The SMILES string of the molecule is Cc1cccc(C2(O)CCC(C)(C)CC2)c1F. The molecule has 0 radical (unpaired) electrons. The average Bonchev–Trinajstić information content (AvgIpc) is 2.27. The number of halogens is 1. The maximum Gasteiger partial charge on any atom is 0.132 e. The lowest BCUT2D eigenvalue weighted by molar-refractivity contribution is -0.0332. The maximum atomic E-state index is 14.1. The molecule has 0 aromatic heterocycles. The van der Waals surface area contributed by atoms with Crippen LogP contribution in [0.1, 0.15) is 50.7 Å². The molecule has 1 aromatic carbocycles. The van der Waals surface area contributed by atoms with Crippen LogP contribution in [0.15, 0.2) is 18.2 Å². The van der Waals surface area contributed by atoms with Gasteiger partial charge in [-0.2, -0.15) is 0 Å². The second-order valence-corrected chi connectivity index (χ2v) is 6.13. The van der Waals surface area contributed by atoms with Crippen LogP contribution in [0.5, 0.6) is 0 Å². The summed E-state index contributed by atoms with van der Waals surface area (Å²) in [5.41, 5.74) is 0.395. The van der Waals surface area contributed by atoms with Crippen molar-refractivity contribution >= 4 is 0 Å². The summed E-state index contributed by atoms with van der Waals surface area (Å²) in [5, 5.41) is 10.6. The van der Waals surface area contributed by atoms with Crippen molar-refractivity contribution in [2.75, 3.05) is 0 Å². The van der Waals surface area contributed by atoms with Crippen molar-refractivity contribution in [1.29, 1.82) is 0 Å². The second-order valence-electron chi connectivity index (χ2n) is 6.13. The third-order valence-corrected chi connectivity index (χ3v) is 4.12. The fraction of sp³-hybridized carbons (Fsp3) is 0.600. The van der Waals surface area contributed by atoms with Crippen LogP contribution in [0, 0.1) is 18.2 Å². The van der Waals surface area contributed by atoms with E-state index in [-0.39, 0.29) is 11.2 Å². The smallest absolute Gasteiger partial charge is 0.132 e. The first-order valence-electron chi connectivity index (χ1n) is 6.32. The number of aryl methyl sites for hydroxylation is 1. The van der Waals surface area contributed by atoms with E-state index in [1.54, 1.807) is 19.1 Å². The van der Waals surface area contributed by atoms with Crippen molar-refractivity contribution in [2.24, 2.45) is 5.41 Å². The lowest BCUT2D eigenvalue weighted by Crippen LogP contribution is -2.35. The van der Waals surface area contributed by atoms with Crippen LogP contribution >= 0.6 is 0 Å². The zero-order valence-electron chi connectivity index (χ0n) is 10.9. The summed E-state index contributed by atoms with van der Waals surface area (Å²) in [6.07, 6.45) is 3.19. The Labute approximate surface area is 103 Å². The van der Waals surface area contributed by atoms with E-state index in [0.29, 0.717) is 24.0 Å². The molecular formula is C15H21FO. The quantitative estimate of drug-likeness (QED) is 0.783. The van der Waals surface area contributed by atoms with E-state index in [2.05, 4.69) is 13.8 Å². The molecule has 0 unspecified atom stereocenters. The number of rotatable bonds is 1. The van der Waals surface area contributed by atoms with Crippen LogP contribution in [0.4, 0.5) is 4.39 Å². The molecule has 17 heavy (non-hydrogen) atoms. The Balaban J connectivity index is 2.31. The summed E-state index contributed by atoms with van der Waals surface area (Å²) in [7, 11) is 0. The molecule has 0 atom stereocenters. The summed E-state index contributed by atoms with van der Waals surface area (Å²) in [5.74, 6) is -0.241. The Morgan fingerprint density at radius 2 is 1.71 bits per heavy atom. The molecule has 1 nitrogen and oxygen atoms in total. The van der Waals surface area contributed by atoms with Crippen LogP contribution < -0.4 is 0 Å². The van der Waals surface area contributed by atoms with E-state index in [0.717, 1.165) is 12.8 Å². The minimum Gasteiger partial charge on any atom is -0.385 e. The van der Waals surface area contributed by atoms with Gasteiger partial charge in [0.1, 0.15) is 5.82 Å². The summed E-state index contributed by atoms with van der Waals surface area (Å²) >= 11 is 0. The van der Waals surface area contributed by atoms with Gasteiger partial charge in [-0.05, 0) is 43.6 Å². The van der Waals surface area contributed by atoms with Gasteiger partial charge in [-0.1, -0.05) is 32.0 Å². The fourth-order valence-electron chi connectivity index (χ4n) is 2.62. The molecule has 0 bridgehead atoms. The highest BCUT2D eigenvalue weighted by molar-refractivity contribution is 5.30. The highest BCUT2D eigenvalue weighted by Crippen LogP contribution is 2.45.